The van der Waals surface area contributed by atoms with Crippen LogP contribution >= 0.6 is 0 Å². The van der Waals surface area contributed by atoms with Crippen molar-refractivity contribution in [2.75, 3.05) is 0 Å². The van der Waals surface area contributed by atoms with Gasteiger partial charge in [-0.2, -0.15) is 4.57 Å². The molecular weight excluding hydrogens is 374 g/mol. The number of nitrogens with zero attached hydrogens (tertiary/aromatic N) is 1. The van der Waals surface area contributed by atoms with E-state index in [2.05, 4.69) is 92.2 Å². The number of aromatic nitrogens is 1. The standard InChI is InChI=1S/C30H34N/c1-4-7-11-22-14-10-15-26-25(22)16-18-31-19-17-30(5-2,6-3)28-21-24-13-9-8-12-23(24)20-27(28)29(26)31/h8-10,12-16,18,20-21H,4-7,11,17,19H2,1-3H3/q+1. The van der Waals surface area contributed by atoms with Gasteiger partial charge in [-0.25, -0.2) is 0 Å². The highest BCUT2D eigenvalue weighted by Gasteiger charge is 2.38. The molecule has 2 heterocycles. The number of fused-ring (bicyclic) bond motifs is 6. The van der Waals surface area contributed by atoms with Crippen LogP contribution in [-0.2, 0) is 18.4 Å². The molecule has 0 radical (unpaired) electrons. The first-order valence-electron chi connectivity index (χ1n) is 12.2. The first kappa shape index (κ1) is 20.2. The predicted octanol–water partition coefficient (Wildman–Crippen LogP) is 7.75. The fourth-order valence-corrected chi connectivity index (χ4v) is 5.81. The minimum atomic E-state index is 0.234. The lowest BCUT2D eigenvalue weighted by molar-refractivity contribution is -0.685. The first-order chi connectivity index (χ1) is 15.2. The average molecular weight is 409 g/mol. The Bertz CT molecular complexity index is 1250. The Labute approximate surface area is 186 Å². The molecule has 1 nitrogen and oxygen atoms in total. The third-order valence-corrected chi connectivity index (χ3v) is 7.86. The summed E-state index contributed by atoms with van der Waals surface area (Å²) in [6, 6.07) is 23.2. The molecule has 0 spiro atoms. The molecule has 0 amide bonds. The SMILES string of the molecule is CCCCc1cccc2c3[n+](ccc12)CCC(CC)(CC)c1cc2ccccc2cc1-3. The highest BCUT2D eigenvalue weighted by molar-refractivity contribution is 5.98. The van der Waals surface area contributed by atoms with Gasteiger partial charge < -0.3 is 0 Å². The van der Waals surface area contributed by atoms with Gasteiger partial charge in [0.2, 0.25) is 5.69 Å². The van der Waals surface area contributed by atoms with Crippen LogP contribution in [0.15, 0.2) is 66.9 Å². The summed E-state index contributed by atoms with van der Waals surface area (Å²) in [4.78, 5) is 0. The third kappa shape index (κ3) is 3.26. The molecule has 5 rings (SSSR count). The number of unbranched alkanes of at least 4 members (excludes halogenated alkanes) is 1. The summed E-state index contributed by atoms with van der Waals surface area (Å²) in [6.07, 6.45) is 9.57. The summed E-state index contributed by atoms with van der Waals surface area (Å²) in [5.41, 5.74) is 6.14. The van der Waals surface area contributed by atoms with Gasteiger partial charge in [0.15, 0.2) is 6.20 Å². The maximum Gasteiger partial charge on any atom is 0.220 e. The topological polar surface area (TPSA) is 3.88 Å². The van der Waals surface area contributed by atoms with E-state index in [1.807, 2.05) is 0 Å². The lowest BCUT2D eigenvalue weighted by Gasteiger charge is -2.31. The molecule has 0 aliphatic carbocycles. The van der Waals surface area contributed by atoms with Gasteiger partial charge >= 0.3 is 0 Å². The second-order valence-corrected chi connectivity index (χ2v) is 9.32. The minimum absolute atomic E-state index is 0.234. The zero-order valence-electron chi connectivity index (χ0n) is 19.2. The molecule has 31 heavy (non-hydrogen) atoms. The van der Waals surface area contributed by atoms with E-state index in [9.17, 15) is 0 Å². The summed E-state index contributed by atoms with van der Waals surface area (Å²) in [6.45, 7) is 8.12. The monoisotopic (exact) mass is 408 g/mol. The van der Waals surface area contributed by atoms with E-state index in [-0.39, 0.29) is 5.41 Å². The van der Waals surface area contributed by atoms with Crippen molar-refractivity contribution >= 4 is 21.5 Å². The van der Waals surface area contributed by atoms with Crippen molar-refractivity contribution in [2.45, 2.75) is 71.3 Å². The smallest absolute Gasteiger partial charge is 0.198 e. The molecule has 158 valence electrons. The van der Waals surface area contributed by atoms with Crippen molar-refractivity contribution < 1.29 is 4.57 Å². The maximum absolute atomic E-state index is 2.53. The zero-order valence-corrected chi connectivity index (χ0v) is 19.2. The van der Waals surface area contributed by atoms with Gasteiger partial charge in [-0.1, -0.05) is 63.6 Å². The van der Waals surface area contributed by atoms with Gasteiger partial charge in [0.25, 0.3) is 0 Å². The van der Waals surface area contributed by atoms with E-state index in [0.717, 1.165) is 13.0 Å². The van der Waals surface area contributed by atoms with E-state index in [1.54, 1.807) is 5.56 Å². The highest BCUT2D eigenvalue weighted by atomic mass is 15.0. The van der Waals surface area contributed by atoms with Crippen molar-refractivity contribution in [3.8, 4) is 11.3 Å². The molecular formula is C30H34N+. The fourth-order valence-electron chi connectivity index (χ4n) is 5.81. The van der Waals surface area contributed by atoms with E-state index < -0.39 is 0 Å². The number of benzene rings is 3. The Morgan fingerprint density at radius 1 is 0.839 bits per heavy atom. The highest BCUT2D eigenvalue weighted by Crippen LogP contribution is 2.45. The number of pyridine rings is 1. The van der Waals surface area contributed by atoms with Crippen LogP contribution in [-0.4, -0.2) is 0 Å². The number of hydrogen-bond donors (Lipinski definition) is 0. The van der Waals surface area contributed by atoms with Crippen molar-refractivity contribution in [2.24, 2.45) is 0 Å². The number of hydrogen-bond acceptors (Lipinski definition) is 0. The van der Waals surface area contributed by atoms with Crippen LogP contribution in [0.3, 0.4) is 0 Å². The largest absolute Gasteiger partial charge is 0.220 e. The maximum atomic E-state index is 2.53. The molecule has 0 saturated heterocycles. The van der Waals surface area contributed by atoms with Crippen molar-refractivity contribution in [1.29, 1.82) is 0 Å². The zero-order chi connectivity index (χ0) is 21.4. The second kappa shape index (κ2) is 8.11. The fraction of sp³-hybridized carbons (Fsp3) is 0.367. The Hall–Kier alpha value is -2.67. The Kier molecular flexibility index (Phi) is 5.30. The van der Waals surface area contributed by atoms with Gasteiger partial charge in [0, 0.05) is 17.9 Å². The molecule has 0 saturated carbocycles. The molecule has 1 aliphatic heterocycles. The van der Waals surface area contributed by atoms with Gasteiger partial charge in [0.05, 0.1) is 10.9 Å². The van der Waals surface area contributed by atoms with Crippen LogP contribution in [0, 0.1) is 0 Å². The van der Waals surface area contributed by atoms with E-state index in [1.165, 1.54) is 70.5 Å². The molecule has 0 atom stereocenters. The van der Waals surface area contributed by atoms with Crippen LogP contribution in [0.1, 0.15) is 64.0 Å². The Morgan fingerprint density at radius 3 is 2.35 bits per heavy atom. The van der Waals surface area contributed by atoms with Crippen LogP contribution < -0.4 is 4.57 Å². The second-order valence-electron chi connectivity index (χ2n) is 9.32. The Morgan fingerprint density at radius 2 is 1.61 bits per heavy atom. The summed E-state index contributed by atoms with van der Waals surface area (Å²) < 4.78 is 2.53. The van der Waals surface area contributed by atoms with E-state index in [4.69, 9.17) is 0 Å². The minimum Gasteiger partial charge on any atom is -0.198 e. The normalized spacial score (nSPS) is 14.9. The molecule has 0 bridgehead atoms. The molecule has 1 aromatic heterocycles. The molecule has 0 fully saturated rings. The summed E-state index contributed by atoms with van der Waals surface area (Å²) in [5, 5.41) is 5.55. The van der Waals surface area contributed by atoms with E-state index in [0.29, 0.717) is 0 Å². The van der Waals surface area contributed by atoms with Crippen LogP contribution in [0.25, 0.3) is 32.8 Å². The van der Waals surface area contributed by atoms with Crippen LogP contribution in [0.5, 0.6) is 0 Å². The summed E-state index contributed by atoms with van der Waals surface area (Å²) >= 11 is 0. The van der Waals surface area contributed by atoms with Gasteiger partial charge in [-0.15, -0.1) is 0 Å². The molecule has 0 N–H and O–H groups in total. The molecule has 1 aliphatic rings. The molecule has 3 aromatic carbocycles. The van der Waals surface area contributed by atoms with Crippen LogP contribution in [0.4, 0.5) is 0 Å². The van der Waals surface area contributed by atoms with Gasteiger partial charge in [0.1, 0.15) is 6.54 Å². The summed E-state index contributed by atoms with van der Waals surface area (Å²) in [5.74, 6) is 0. The van der Waals surface area contributed by atoms with Gasteiger partial charge in [-0.05, 0) is 71.2 Å². The lowest BCUT2D eigenvalue weighted by Crippen LogP contribution is -2.37. The number of rotatable bonds is 5. The van der Waals surface area contributed by atoms with E-state index >= 15 is 0 Å². The van der Waals surface area contributed by atoms with Crippen molar-refractivity contribution in [3.63, 3.8) is 0 Å². The summed E-state index contributed by atoms with van der Waals surface area (Å²) in [7, 11) is 0. The predicted molar refractivity (Wildman–Crippen MR) is 133 cm³/mol. The van der Waals surface area contributed by atoms with Crippen LogP contribution in [0.2, 0.25) is 0 Å². The number of aryl methyl sites for hydroxylation is 2. The van der Waals surface area contributed by atoms with Crippen molar-refractivity contribution in [3.05, 3.63) is 78.0 Å². The molecule has 1 heteroatoms. The first-order valence-corrected chi connectivity index (χ1v) is 12.2. The Balaban J connectivity index is 1.86. The quantitative estimate of drug-likeness (QED) is 0.297. The van der Waals surface area contributed by atoms with Crippen molar-refractivity contribution in [1.82, 2.24) is 0 Å². The molecule has 4 aromatic rings. The average Bonchev–Trinajstić information content (AvgIpc) is 2.96. The molecule has 0 unspecified atom stereocenters. The lowest BCUT2D eigenvalue weighted by atomic mass is 9.71. The third-order valence-electron chi connectivity index (χ3n) is 7.86. The van der Waals surface area contributed by atoms with Gasteiger partial charge in [-0.3, -0.25) is 0 Å².